The number of hydrogen-bond acceptors (Lipinski definition) is 4. The Bertz CT molecular complexity index is 447. The summed E-state index contributed by atoms with van der Waals surface area (Å²) in [6.07, 6.45) is 9.12. The third kappa shape index (κ3) is 1.77. The van der Waals surface area contributed by atoms with Crippen molar-refractivity contribution in [3.05, 3.63) is 17.8 Å². The van der Waals surface area contributed by atoms with Crippen molar-refractivity contribution in [2.45, 2.75) is 50.0 Å². The summed E-state index contributed by atoms with van der Waals surface area (Å²) < 4.78 is 5.88. The molecule has 4 bridgehead atoms. The maximum absolute atomic E-state index is 9.74. The first kappa shape index (κ1) is 11.9. The Kier molecular flexibility index (Phi) is 2.55. The fourth-order valence-electron chi connectivity index (χ4n) is 5.20. The summed E-state index contributed by atoms with van der Waals surface area (Å²) >= 11 is 0. The molecule has 1 aromatic rings. The predicted octanol–water partition coefficient (Wildman–Crippen LogP) is 2.13. The molecule has 4 nitrogen and oxygen atoms in total. The SMILES string of the molecule is NCC(O)c1ncc(C23CC4CC(CC(C4)C2)C3)o1. The van der Waals surface area contributed by atoms with Crippen LogP contribution in [0.5, 0.6) is 0 Å². The number of nitrogens with two attached hydrogens (primary N) is 1. The van der Waals surface area contributed by atoms with Gasteiger partial charge in [0.2, 0.25) is 5.89 Å². The average Bonchev–Trinajstić information content (AvgIpc) is 2.86. The molecule has 0 amide bonds. The van der Waals surface area contributed by atoms with Crippen LogP contribution < -0.4 is 5.73 Å². The molecule has 0 spiro atoms. The number of nitrogens with zero attached hydrogens (tertiary/aromatic N) is 1. The Balaban J connectivity index is 1.66. The zero-order valence-corrected chi connectivity index (χ0v) is 11.2. The topological polar surface area (TPSA) is 72.3 Å². The second-order valence-electron chi connectivity index (χ2n) is 7.01. The van der Waals surface area contributed by atoms with Gasteiger partial charge < -0.3 is 15.3 Å². The molecule has 1 aromatic heterocycles. The molecule has 4 saturated carbocycles. The summed E-state index contributed by atoms with van der Waals surface area (Å²) in [6.45, 7) is 0.167. The number of hydrogen-bond donors (Lipinski definition) is 2. The monoisotopic (exact) mass is 262 g/mol. The first-order chi connectivity index (χ1) is 9.18. The van der Waals surface area contributed by atoms with Crippen LogP contribution >= 0.6 is 0 Å². The first-order valence-corrected chi connectivity index (χ1v) is 7.53. The lowest BCUT2D eigenvalue weighted by Gasteiger charge is -2.55. The third-order valence-corrected chi connectivity index (χ3v) is 5.59. The highest BCUT2D eigenvalue weighted by Gasteiger charge is 2.53. The number of oxazole rings is 1. The molecule has 1 unspecified atom stereocenters. The number of aromatic nitrogens is 1. The maximum atomic E-state index is 9.74. The van der Waals surface area contributed by atoms with Gasteiger partial charge in [0.05, 0.1) is 6.20 Å². The van der Waals surface area contributed by atoms with Crippen LogP contribution in [-0.4, -0.2) is 16.6 Å². The summed E-state index contributed by atoms with van der Waals surface area (Å²) in [4.78, 5) is 4.25. The highest BCUT2D eigenvalue weighted by atomic mass is 16.4. The average molecular weight is 262 g/mol. The van der Waals surface area contributed by atoms with E-state index in [1.54, 1.807) is 0 Å². The molecule has 0 aromatic carbocycles. The van der Waals surface area contributed by atoms with Gasteiger partial charge in [-0.3, -0.25) is 0 Å². The molecule has 5 rings (SSSR count). The molecule has 0 saturated heterocycles. The van der Waals surface area contributed by atoms with E-state index >= 15 is 0 Å². The van der Waals surface area contributed by atoms with Crippen molar-refractivity contribution in [2.24, 2.45) is 23.5 Å². The second-order valence-corrected chi connectivity index (χ2v) is 7.01. The van der Waals surface area contributed by atoms with Crippen molar-refractivity contribution < 1.29 is 9.52 Å². The van der Waals surface area contributed by atoms with Crippen molar-refractivity contribution in [1.82, 2.24) is 4.98 Å². The molecule has 104 valence electrons. The van der Waals surface area contributed by atoms with Crippen molar-refractivity contribution in [3.63, 3.8) is 0 Å². The summed E-state index contributed by atoms with van der Waals surface area (Å²) in [5, 5.41) is 9.74. The lowest BCUT2D eigenvalue weighted by molar-refractivity contribution is -0.0166. The lowest BCUT2D eigenvalue weighted by atomic mass is 9.49. The molecule has 4 heteroatoms. The van der Waals surface area contributed by atoms with Gasteiger partial charge in [-0.15, -0.1) is 0 Å². The van der Waals surface area contributed by atoms with Gasteiger partial charge in [-0.2, -0.15) is 0 Å². The number of rotatable bonds is 3. The van der Waals surface area contributed by atoms with Crippen LogP contribution in [0.3, 0.4) is 0 Å². The molecule has 3 N–H and O–H groups in total. The zero-order valence-electron chi connectivity index (χ0n) is 11.2. The molecule has 0 radical (unpaired) electrons. The van der Waals surface area contributed by atoms with E-state index < -0.39 is 6.10 Å². The second kappa shape index (κ2) is 4.06. The molecule has 1 heterocycles. The van der Waals surface area contributed by atoms with Crippen LogP contribution in [0, 0.1) is 17.8 Å². The summed E-state index contributed by atoms with van der Waals surface area (Å²) in [5.74, 6) is 4.07. The van der Waals surface area contributed by atoms with Crippen molar-refractivity contribution >= 4 is 0 Å². The minimum Gasteiger partial charge on any atom is -0.442 e. The predicted molar refractivity (Wildman–Crippen MR) is 70.4 cm³/mol. The highest BCUT2D eigenvalue weighted by molar-refractivity contribution is 5.19. The smallest absolute Gasteiger partial charge is 0.224 e. The van der Waals surface area contributed by atoms with Crippen LogP contribution in [0.15, 0.2) is 10.6 Å². The van der Waals surface area contributed by atoms with Gasteiger partial charge in [0.25, 0.3) is 0 Å². The molecular formula is C15H22N2O2. The van der Waals surface area contributed by atoms with Crippen LogP contribution in [0.25, 0.3) is 0 Å². The minimum atomic E-state index is -0.761. The molecule has 4 fully saturated rings. The van der Waals surface area contributed by atoms with Gasteiger partial charge >= 0.3 is 0 Å². The molecule has 0 aliphatic heterocycles. The Labute approximate surface area is 113 Å². The van der Waals surface area contributed by atoms with Crippen molar-refractivity contribution in [2.75, 3.05) is 6.54 Å². The normalized spacial score (nSPS) is 41.7. The summed E-state index contributed by atoms with van der Waals surface area (Å²) in [5.41, 5.74) is 5.69. The Morgan fingerprint density at radius 3 is 2.37 bits per heavy atom. The molecule has 4 aliphatic carbocycles. The molecular weight excluding hydrogens is 240 g/mol. The Hall–Kier alpha value is -0.870. The van der Waals surface area contributed by atoms with E-state index in [1.165, 1.54) is 38.5 Å². The Morgan fingerprint density at radius 1 is 1.26 bits per heavy atom. The molecule has 19 heavy (non-hydrogen) atoms. The van der Waals surface area contributed by atoms with E-state index in [0.29, 0.717) is 5.89 Å². The van der Waals surface area contributed by atoms with E-state index in [1.807, 2.05) is 6.20 Å². The van der Waals surface area contributed by atoms with Gasteiger partial charge in [-0.05, 0) is 56.3 Å². The number of aliphatic hydroxyl groups is 1. The van der Waals surface area contributed by atoms with Crippen molar-refractivity contribution in [1.29, 1.82) is 0 Å². The van der Waals surface area contributed by atoms with E-state index in [2.05, 4.69) is 4.98 Å². The van der Waals surface area contributed by atoms with Crippen LogP contribution in [-0.2, 0) is 5.41 Å². The van der Waals surface area contributed by atoms with Gasteiger partial charge in [0.15, 0.2) is 0 Å². The van der Waals surface area contributed by atoms with Crippen molar-refractivity contribution in [3.8, 4) is 0 Å². The van der Waals surface area contributed by atoms with Crippen LogP contribution in [0.2, 0.25) is 0 Å². The minimum absolute atomic E-state index is 0.167. The first-order valence-electron chi connectivity index (χ1n) is 7.53. The van der Waals surface area contributed by atoms with E-state index in [-0.39, 0.29) is 12.0 Å². The van der Waals surface area contributed by atoms with E-state index in [4.69, 9.17) is 10.2 Å². The third-order valence-electron chi connectivity index (χ3n) is 5.59. The lowest BCUT2D eigenvalue weighted by Crippen LogP contribution is -2.48. The summed E-state index contributed by atoms with van der Waals surface area (Å²) in [6, 6.07) is 0. The Morgan fingerprint density at radius 2 is 1.84 bits per heavy atom. The quantitative estimate of drug-likeness (QED) is 0.875. The van der Waals surface area contributed by atoms with Gasteiger partial charge in [-0.1, -0.05) is 0 Å². The zero-order chi connectivity index (χ0) is 13.0. The molecule has 1 atom stereocenters. The fraction of sp³-hybridized carbons (Fsp3) is 0.800. The largest absolute Gasteiger partial charge is 0.442 e. The van der Waals surface area contributed by atoms with Crippen LogP contribution in [0.1, 0.15) is 56.3 Å². The molecule has 4 aliphatic rings. The maximum Gasteiger partial charge on any atom is 0.224 e. The van der Waals surface area contributed by atoms with Gasteiger partial charge in [0.1, 0.15) is 11.9 Å². The highest BCUT2D eigenvalue weighted by Crippen LogP contribution is 2.60. The standard InChI is InChI=1S/C15H22N2O2/c16-7-12(18)14-17-8-13(19-14)15-4-9-1-10(5-15)3-11(2-9)6-15/h8-12,18H,1-7,16H2. The van der Waals surface area contributed by atoms with E-state index in [9.17, 15) is 5.11 Å². The van der Waals surface area contributed by atoms with Crippen LogP contribution in [0.4, 0.5) is 0 Å². The summed E-state index contributed by atoms with van der Waals surface area (Å²) in [7, 11) is 0. The fourth-order valence-corrected chi connectivity index (χ4v) is 5.20. The van der Waals surface area contributed by atoms with Gasteiger partial charge in [0, 0.05) is 12.0 Å². The number of aliphatic hydroxyl groups excluding tert-OH is 1. The van der Waals surface area contributed by atoms with E-state index in [0.717, 1.165) is 23.5 Å². The van der Waals surface area contributed by atoms with Gasteiger partial charge in [-0.25, -0.2) is 4.98 Å².